The second-order valence-corrected chi connectivity index (χ2v) is 8.15. The highest BCUT2D eigenvalue weighted by Gasteiger charge is 2.40. The summed E-state index contributed by atoms with van der Waals surface area (Å²) in [4.78, 5) is 2.83. The average Bonchev–Trinajstić information content (AvgIpc) is 3.26. The summed E-state index contributed by atoms with van der Waals surface area (Å²) in [5, 5.41) is 3.91. The van der Waals surface area contributed by atoms with Gasteiger partial charge in [0.2, 0.25) is 0 Å². The Balaban J connectivity index is 1.96. The zero-order valence-electron chi connectivity index (χ0n) is 15.0. The van der Waals surface area contributed by atoms with Crippen molar-refractivity contribution in [3.05, 3.63) is 0 Å². The lowest BCUT2D eigenvalue weighted by molar-refractivity contribution is 0.0758. The highest BCUT2D eigenvalue weighted by molar-refractivity contribution is 4.96. The first kappa shape index (κ1) is 17.3. The highest BCUT2D eigenvalue weighted by Crippen LogP contribution is 2.40. The van der Waals surface area contributed by atoms with Crippen LogP contribution in [-0.2, 0) is 0 Å². The predicted molar refractivity (Wildman–Crippen MR) is 92.7 cm³/mol. The van der Waals surface area contributed by atoms with Crippen molar-refractivity contribution in [1.29, 1.82) is 0 Å². The van der Waals surface area contributed by atoms with Gasteiger partial charge in [0, 0.05) is 18.6 Å². The van der Waals surface area contributed by atoms with E-state index in [0.717, 1.165) is 12.0 Å². The van der Waals surface area contributed by atoms with Gasteiger partial charge in [0.15, 0.2) is 0 Å². The maximum atomic E-state index is 3.91. The predicted octanol–water partition coefficient (Wildman–Crippen LogP) is 4.45. The van der Waals surface area contributed by atoms with Crippen LogP contribution in [0.15, 0.2) is 0 Å². The molecule has 2 heteroatoms. The molecule has 2 fully saturated rings. The van der Waals surface area contributed by atoms with Crippen LogP contribution < -0.4 is 5.32 Å². The van der Waals surface area contributed by atoms with Crippen molar-refractivity contribution in [2.45, 2.75) is 91.1 Å². The van der Waals surface area contributed by atoms with Crippen molar-refractivity contribution >= 4 is 0 Å². The molecule has 0 aromatic heterocycles. The van der Waals surface area contributed by atoms with E-state index in [4.69, 9.17) is 0 Å². The van der Waals surface area contributed by atoms with Crippen molar-refractivity contribution < 1.29 is 0 Å². The third-order valence-electron chi connectivity index (χ3n) is 5.65. The summed E-state index contributed by atoms with van der Waals surface area (Å²) >= 11 is 0. The molecular weight excluding hydrogens is 256 g/mol. The fourth-order valence-corrected chi connectivity index (χ4v) is 4.24. The molecule has 2 nitrogen and oxygen atoms in total. The molecule has 2 unspecified atom stereocenters. The molecule has 124 valence electrons. The highest BCUT2D eigenvalue weighted by atomic mass is 15.2. The Kier molecular flexibility index (Phi) is 6.55. The van der Waals surface area contributed by atoms with Gasteiger partial charge in [0.25, 0.3) is 0 Å². The van der Waals surface area contributed by atoms with E-state index in [9.17, 15) is 0 Å². The molecule has 0 aliphatic heterocycles. The van der Waals surface area contributed by atoms with Crippen LogP contribution in [0.3, 0.4) is 0 Å². The van der Waals surface area contributed by atoms with E-state index in [-0.39, 0.29) is 0 Å². The minimum Gasteiger partial charge on any atom is -0.313 e. The zero-order valence-corrected chi connectivity index (χ0v) is 15.0. The molecule has 2 atom stereocenters. The van der Waals surface area contributed by atoms with E-state index >= 15 is 0 Å². The summed E-state index contributed by atoms with van der Waals surface area (Å²) < 4.78 is 0. The lowest BCUT2D eigenvalue weighted by Crippen LogP contribution is -2.53. The minimum atomic E-state index is 0.470. The molecule has 2 rings (SSSR count). The molecule has 0 bridgehead atoms. The molecule has 0 heterocycles. The first-order valence-corrected chi connectivity index (χ1v) is 9.56. The Morgan fingerprint density at radius 1 is 1.10 bits per heavy atom. The van der Waals surface area contributed by atoms with Gasteiger partial charge in [-0.1, -0.05) is 40.5 Å². The third-order valence-corrected chi connectivity index (χ3v) is 5.65. The summed E-state index contributed by atoms with van der Waals surface area (Å²) in [6, 6.07) is 1.64. The Morgan fingerprint density at radius 2 is 1.86 bits per heavy atom. The van der Waals surface area contributed by atoms with Gasteiger partial charge in [0.05, 0.1) is 0 Å². The van der Waals surface area contributed by atoms with Gasteiger partial charge in [0.1, 0.15) is 0 Å². The molecule has 0 aromatic carbocycles. The quantitative estimate of drug-likeness (QED) is 0.676. The topological polar surface area (TPSA) is 15.3 Å². The van der Waals surface area contributed by atoms with Gasteiger partial charge in [-0.2, -0.15) is 0 Å². The standard InChI is InChI=1S/C19H38N2/c1-5-7-14-21(17-10-11-17)15-16-9-8-12-19(3,4)18(16)20-13-6-2/h16-18,20H,5-15H2,1-4H3. The smallest absolute Gasteiger partial charge is 0.0159 e. The Hall–Kier alpha value is -0.0800. The fraction of sp³-hybridized carbons (Fsp3) is 1.00. The van der Waals surface area contributed by atoms with Crippen LogP contribution in [0.2, 0.25) is 0 Å². The average molecular weight is 295 g/mol. The van der Waals surface area contributed by atoms with Crippen LogP contribution in [0.1, 0.15) is 79.1 Å². The molecule has 2 aliphatic rings. The number of nitrogens with one attached hydrogen (secondary N) is 1. The first-order chi connectivity index (χ1) is 10.1. The van der Waals surface area contributed by atoms with Crippen LogP contribution >= 0.6 is 0 Å². The third kappa shape index (κ3) is 4.96. The monoisotopic (exact) mass is 294 g/mol. The van der Waals surface area contributed by atoms with Gasteiger partial charge in [-0.25, -0.2) is 0 Å². The van der Waals surface area contributed by atoms with Crippen LogP contribution in [-0.4, -0.2) is 36.6 Å². The summed E-state index contributed by atoms with van der Waals surface area (Å²) in [5.41, 5.74) is 0.470. The van der Waals surface area contributed by atoms with Crippen LogP contribution in [0.25, 0.3) is 0 Å². The molecule has 2 aliphatic carbocycles. The van der Waals surface area contributed by atoms with Gasteiger partial charge < -0.3 is 10.2 Å². The van der Waals surface area contributed by atoms with Gasteiger partial charge in [-0.05, 0) is 62.9 Å². The van der Waals surface area contributed by atoms with E-state index in [1.54, 1.807) is 0 Å². The Morgan fingerprint density at radius 3 is 2.48 bits per heavy atom. The molecule has 0 aromatic rings. The van der Waals surface area contributed by atoms with Crippen molar-refractivity contribution in [3.63, 3.8) is 0 Å². The van der Waals surface area contributed by atoms with E-state index in [0.29, 0.717) is 11.5 Å². The van der Waals surface area contributed by atoms with E-state index in [1.165, 1.54) is 71.0 Å². The fourth-order valence-electron chi connectivity index (χ4n) is 4.24. The first-order valence-electron chi connectivity index (χ1n) is 9.56. The number of nitrogens with zero attached hydrogens (tertiary/aromatic N) is 1. The van der Waals surface area contributed by atoms with Crippen molar-refractivity contribution in [3.8, 4) is 0 Å². The molecule has 21 heavy (non-hydrogen) atoms. The summed E-state index contributed by atoms with van der Waals surface area (Å²) in [6.45, 7) is 13.4. The Labute approximate surface area is 133 Å². The minimum absolute atomic E-state index is 0.470. The number of hydrogen-bond acceptors (Lipinski definition) is 2. The van der Waals surface area contributed by atoms with E-state index in [1.807, 2.05) is 0 Å². The molecule has 0 amide bonds. The second kappa shape index (κ2) is 7.97. The van der Waals surface area contributed by atoms with Crippen molar-refractivity contribution in [2.24, 2.45) is 11.3 Å². The molecule has 0 spiro atoms. The molecule has 0 radical (unpaired) electrons. The summed E-state index contributed by atoms with van der Waals surface area (Å²) in [6.07, 6.45) is 11.1. The van der Waals surface area contributed by atoms with Crippen LogP contribution in [0.5, 0.6) is 0 Å². The Bertz CT molecular complexity index is 296. The SMILES string of the molecule is CCCCN(CC1CCCC(C)(C)C1NCCC)C1CC1. The zero-order chi connectivity index (χ0) is 15.3. The lowest BCUT2D eigenvalue weighted by Gasteiger charge is -2.46. The normalized spacial score (nSPS) is 29.0. The second-order valence-electron chi connectivity index (χ2n) is 8.15. The number of unbranched alkanes of at least 4 members (excludes halogenated alkanes) is 1. The lowest BCUT2D eigenvalue weighted by atomic mass is 9.67. The molecule has 1 N–H and O–H groups in total. The van der Waals surface area contributed by atoms with Crippen molar-refractivity contribution in [2.75, 3.05) is 19.6 Å². The maximum absolute atomic E-state index is 3.91. The van der Waals surface area contributed by atoms with Gasteiger partial charge in [-0.3, -0.25) is 0 Å². The van der Waals surface area contributed by atoms with Gasteiger partial charge in [-0.15, -0.1) is 0 Å². The number of hydrogen-bond donors (Lipinski definition) is 1. The maximum Gasteiger partial charge on any atom is 0.0159 e. The number of rotatable bonds is 9. The van der Waals surface area contributed by atoms with E-state index < -0.39 is 0 Å². The largest absolute Gasteiger partial charge is 0.313 e. The van der Waals surface area contributed by atoms with Crippen molar-refractivity contribution in [1.82, 2.24) is 10.2 Å². The molecular formula is C19H38N2. The molecule has 0 saturated heterocycles. The van der Waals surface area contributed by atoms with Crippen LogP contribution in [0, 0.1) is 11.3 Å². The summed E-state index contributed by atoms with van der Waals surface area (Å²) in [7, 11) is 0. The van der Waals surface area contributed by atoms with Gasteiger partial charge >= 0.3 is 0 Å². The molecule has 2 saturated carbocycles. The van der Waals surface area contributed by atoms with E-state index in [2.05, 4.69) is 37.9 Å². The van der Waals surface area contributed by atoms with Crippen LogP contribution in [0.4, 0.5) is 0 Å². The summed E-state index contributed by atoms with van der Waals surface area (Å²) in [5.74, 6) is 0.859.